The van der Waals surface area contributed by atoms with Gasteiger partial charge in [0.15, 0.2) is 0 Å². The van der Waals surface area contributed by atoms with E-state index in [1.54, 1.807) is 7.11 Å². The molecule has 90 valence electrons. The van der Waals surface area contributed by atoms with Gasteiger partial charge in [0, 0.05) is 6.42 Å². The highest BCUT2D eigenvalue weighted by Gasteiger charge is 2.41. The summed E-state index contributed by atoms with van der Waals surface area (Å²) in [6.07, 6.45) is 0.514. The molecule has 0 unspecified atom stereocenters. The van der Waals surface area contributed by atoms with E-state index in [-0.39, 0.29) is 5.41 Å². The molecule has 0 aromatic heterocycles. The highest BCUT2D eigenvalue weighted by Crippen LogP contribution is 2.39. The standard InChI is InChI=1S/C14H17NO2/c1-10-11(2)13(16-3)5-4-12(10)14(6-7-15)8-17-9-14/h4-5H,6,8-9H2,1-3H3. The van der Waals surface area contributed by atoms with Crippen LogP contribution in [0.1, 0.15) is 23.1 Å². The second-order valence-electron chi connectivity index (χ2n) is 4.67. The van der Waals surface area contributed by atoms with E-state index in [0.29, 0.717) is 19.6 Å². The molecule has 1 aromatic carbocycles. The van der Waals surface area contributed by atoms with Crippen LogP contribution in [0.3, 0.4) is 0 Å². The van der Waals surface area contributed by atoms with Crippen molar-refractivity contribution in [3.05, 3.63) is 28.8 Å². The molecule has 1 aliphatic heterocycles. The van der Waals surface area contributed by atoms with Crippen LogP contribution in [0, 0.1) is 25.2 Å². The minimum atomic E-state index is -0.101. The second kappa shape index (κ2) is 4.38. The summed E-state index contributed by atoms with van der Waals surface area (Å²) in [5, 5.41) is 8.96. The van der Waals surface area contributed by atoms with Crippen molar-refractivity contribution in [2.24, 2.45) is 0 Å². The monoisotopic (exact) mass is 231 g/mol. The van der Waals surface area contributed by atoms with Crippen molar-refractivity contribution >= 4 is 0 Å². The van der Waals surface area contributed by atoms with Gasteiger partial charge in [0.2, 0.25) is 0 Å². The van der Waals surface area contributed by atoms with E-state index in [0.717, 1.165) is 11.3 Å². The maximum Gasteiger partial charge on any atom is 0.122 e. The van der Waals surface area contributed by atoms with Crippen molar-refractivity contribution < 1.29 is 9.47 Å². The summed E-state index contributed by atoms with van der Waals surface area (Å²) in [4.78, 5) is 0. The summed E-state index contributed by atoms with van der Waals surface area (Å²) in [6.45, 7) is 5.43. The summed E-state index contributed by atoms with van der Waals surface area (Å²) < 4.78 is 10.6. The highest BCUT2D eigenvalue weighted by molar-refractivity contribution is 5.47. The van der Waals surface area contributed by atoms with Crippen molar-refractivity contribution in [1.29, 1.82) is 5.26 Å². The summed E-state index contributed by atoms with van der Waals surface area (Å²) in [6, 6.07) is 6.32. The van der Waals surface area contributed by atoms with Gasteiger partial charge in [0.25, 0.3) is 0 Å². The zero-order valence-corrected chi connectivity index (χ0v) is 10.5. The largest absolute Gasteiger partial charge is 0.496 e. The summed E-state index contributed by atoms with van der Waals surface area (Å²) >= 11 is 0. The first-order valence-corrected chi connectivity index (χ1v) is 5.74. The number of ether oxygens (including phenoxy) is 2. The summed E-state index contributed by atoms with van der Waals surface area (Å²) in [5.74, 6) is 0.901. The number of nitriles is 1. The van der Waals surface area contributed by atoms with Crippen LogP contribution in [0.4, 0.5) is 0 Å². The number of methoxy groups -OCH3 is 1. The molecule has 1 aromatic rings. The van der Waals surface area contributed by atoms with Crippen LogP contribution < -0.4 is 4.74 Å². The van der Waals surface area contributed by atoms with E-state index in [9.17, 15) is 0 Å². The molecule has 0 amide bonds. The maximum absolute atomic E-state index is 8.96. The number of hydrogen-bond donors (Lipinski definition) is 0. The quantitative estimate of drug-likeness (QED) is 0.802. The zero-order chi connectivity index (χ0) is 12.5. The highest BCUT2D eigenvalue weighted by atomic mass is 16.5. The molecule has 1 aliphatic rings. The molecule has 1 saturated heterocycles. The lowest BCUT2D eigenvalue weighted by molar-refractivity contribution is -0.0580. The molecule has 1 fully saturated rings. The zero-order valence-electron chi connectivity index (χ0n) is 10.5. The fraction of sp³-hybridized carbons (Fsp3) is 0.500. The van der Waals surface area contributed by atoms with Crippen molar-refractivity contribution in [3.8, 4) is 11.8 Å². The number of nitrogens with zero attached hydrogens (tertiary/aromatic N) is 1. The molecular weight excluding hydrogens is 214 g/mol. The lowest BCUT2D eigenvalue weighted by atomic mass is 9.73. The molecule has 0 atom stereocenters. The average Bonchev–Trinajstić information content (AvgIpc) is 2.28. The molecule has 0 N–H and O–H groups in total. The summed E-state index contributed by atoms with van der Waals surface area (Å²) in [7, 11) is 1.68. The molecule has 3 nitrogen and oxygen atoms in total. The fourth-order valence-electron chi connectivity index (χ4n) is 2.44. The molecule has 0 spiro atoms. The fourth-order valence-corrected chi connectivity index (χ4v) is 2.44. The molecule has 1 heterocycles. The Hall–Kier alpha value is -1.53. The third-order valence-corrected chi connectivity index (χ3v) is 3.70. The minimum Gasteiger partial charge on any atom is -0.496 e. The van der Waals surface area contributed by atoms with Crippen LogP contribution in [-0.4, -0.2) is 20.3 Å². The van der Waals surface area contributed by atoms with Gasteiger partial charge in [-0.3, -0.25) is 0 Å². The van der Waals surface area contributed by atoms with Gasteiger partial charge in [-0.1, -0.05) is 6.07 Å². The lowest BCUT2D eigenvalue weighted by Gasteiger charge is -2.41. The Morgan fingerprint density at radius 1 is 1.35 bits per heavy atom. The van der Waals surface area contributed by atoms with Crippen LogP contribution in [0.2, 0.25) is 0 Å². The second-order valence-corrected chi connectivity index (χ2v) is 4.67. The maximum atomic E-state index is 8.96. The van der Waals surface area contributed by atoms with Crippen molar-refractivity contribution in [2.45, 2.75) is 25.7 Å². The molecule has 3 heteroatoms. The minimum absolute atomic E-state index is 0.101. The van der Waals surface area contributed by atoms with Gasteiger partial charge >= 0.3 is 0 Å². The van der Waals surface area contributed by atoms with Crippen molar-refractivity contribution in [1.82, 2.24) is 0 Å². The van der Waals surface area contributed by atoms with E-state index in [4.69, 9.17) is 14.7 Å². The van der Waals surface area contributed by atoms with Crippen molar-refractivity contribution in [3.63, 3.8) is 0 Å². The van der Waals surface area contributed by atoms with Crippen LogP contribution in [0.5, 0.6) is 5.75 Å². The van der Waals surface area contributed by atoms with Gasteiger partial charge in [0.1, 0.15) is 5.75 Å². The van der Waals surface area contributed by atoms with Gasteiger partial charge < -0.3 is 9.47 Å². The van der Waals surface area contributed by atoms with Gasteiger partial charge in [-0.05, 0) is 36.6 Å². The first kappa shape index (κ1) is 11.9. The molecule has 0 radical (unpaired) electrons. The molecule has 0 aliphatic carbocycles. The van der Waals surface area contributed by atoms with Crippen LogP contribution in [0.25, 0.3) is 0 Å². The van der Waals surface area contributed by atoms with Gasteiger partial charge in [-0.2, -0.15) is 5.26 Å². The van der Waals surface area contributed by atoms with Gasteiger partial charge in [0.05, 0.1) is 31.8 Å². The SMILES string of the molecule is COc1ccc(C2(CC#N)COC2)c(C)c1C. The van der Waals surface area contributed by atoms with Crippen LogP contribution in [-0.2, 0) is 10.2 Å². The Morgan fingerprint density at radius 3 is 2.53 bits per heavy atom. The first-order valence-electron chi connectivity index (χ1n) is 5.74. The average molecular weight is 231 g/mol. The lowest BCUT2D eigenvalue weighted by Crippen LogP contribution is -2.47. The third kappa shape index (κ3) is 1.79. The Bertz CT molecular complexity index is 470. The van der Waals surface area contributed by atoms with E-state index in [1.807, 2.05) is 6.07 Å². The molecular formula is C14H17NO2. The Labute approximate surface area is 102 Å². The smallest absolute Gasteiger partial charge is 0.122 e. The number of rotatable bonds is 3. The molecule has 0 bridgehead atoms. The number of hydrogen-bond acceptors (Lipinski definition) is 3. The predicted octanol–water partition coefficient (Wildman–Crippen LogP) is 2.49. The molecule has 0 saturated carbocycles. The normalized spacial score (nSPS) is 17.1. The Kier molecular flexibility index (Phi) is 3.08. The predicted molar refractivity (Wildman–Crippen MR) is 65.2 cm³/mol. The van der Waals surface area contributed by atoms with E-state index in [1.165, 1.54) is 11.1 Å². The Balaban J connectivity index is 2.46. The van der Waals surface area contributed by atoms with Crippen LogP contribution >= 0.6 is 0 Å². The van der Waals surface area contributed by atoms with E-state index in [2.05, 4.69) is 26.0 Å². The Morgan fingerprint density at radius 2 is 2.06 bits per heavy atom. The topological polar surface area (TPSA) is 42.2 Å². The third-order valence-electron chi connectivity index (χ3n) is 3.70. The van der Waals surface area contributed by atoms with Crippen molar-refractivity contribution in [2.75, 3.05) is 20.3 Å². The van der Waals surface area contributed by atoms with Crippen LogP contribution in [0.15, 0.2) is 12.1 Å². The van der Waals surface area contributed by atoms with E-state index < -0.39 is 0 Å². The van der Waals surface area contributed by atoms with Gasteiger partial charge in [-0.15, -0.1) is 0 Å². The van der Waals surface area contributed by atoms with E-state index >= 15 is 0 Å². The molecule has 17 heavy (non-hydrogen) atoms. The number of benzene rings is 1. The first-order chi connectivity index (χ1) is 8.14. The summed E-state index contributed by atoms with van der Waals surface area (Å²) in [5.41, 5.74) is 3.48. The van der Waals surface area contributed by atoms with Gasteiger partial charge in [-0.25, -0.2) is 0 Å². The molecule has 2 rings (SSSR count).